The van der Waals surface area contributed by atoms with Crippen LogP contribution in [0.2, 0.25) is 0 Å². The van der Waals surface area contributed by atoms with Gasteiger partial charge in [-0.3, -0.25) is 4.79 Å². The summed E-state index contributed by atoms with van der Waals surface area (Å²) in [7, 11) is 0. The lowest BCUT2D eigenvalue weighted by Crippen LogP contribution is -2.38. The van der Waals surface area contributed by atoms with Gasteiger partial charge in [0.15, 0.2) is 0 Å². The van der Waals surface area contributed by atoms with Crippen LogP contribution in [0.25, 0.3) is 0 Å². The number of carbonyl (C=O) groups excluding carboxylic acids is 1. The summed E-state index contributed by atoms with van der Waals surface area (Å²) in [6, 6.07) is 15.8. The van der Waals surface area contributed by atoms with E-state index in [1.165, 1.54) is 5.56 Å². The number of fused-ring (bicyclic) bond motifs is 1. The minimum atomic E-state index is -0.167. The van der Waals surface area contributed by atoms with Crippen LogP contribution in [0.4, 0.5) is 5.69 Å². The molecule has 3 rings (SSSR count). The Kier molecular flexibility index (Phi) is 3.74. The van der Waals surface area contributed by atoms with Gasteiger partial charge in [0.2, 0.25) is 5.91 Å². The molecule has 0 radical (unpaired) electrons. The van der Waals surface area contributed by atoms with Crippen molar-refractivity contribution in [3.8, 4) is 0 Å². The summed E-state index contributed by atoms with van der Waals surface area (Å²) < 4.78 is 1.02. The van der Waals surface area contributed by atoms with Gasteiger partial charge in [0.1, 0.15) is 6.04 Å². The number of nitrogens with one attached hydrogen (secondary N) is 2. The Bertz CT molecular complexity index is 617. The Hall–Kier alpha value is -1.81. The van der Waals surface area contributed by atoms with E-state index in [9.17, 15) is 4.79 Å². The molecule has 0 fully saturated rings. The van der Waals surface area contributed by atoms with Gasteiger partial charge >= 0.3 is 0 Å². The van der Waals surface area contributed by atoms with E-state index in [0.717, 1.165) is 22.1 Å². The van der Waals surface area contributed by atoms with Crippen molar-refractivity contribution >= 4 is 27.5 Å². The number of anilines is 1. The molecule has 1 atom stereocenters. The summed E-state index contributed by atoms with van der Waals surface area (Å²) in [4.78, 5) is 12.2. The van der Waals surface area contributed by atoms with E-state index in [-0.39, 0.29) is 11.9 Å². The van der Waals surface area contributed by atoms with Crippen LogP contribution in [0.5, 0.6) is 0 Å². The number of benzene rings is 2. The molecule has 2 aromatic rings. The summed E-state index contributed by atoms with van der Waals surface area (Å²) in [6.07, 6.45) is 0.750. The van der Waals surface area contributed by atoms with Gasteiger partial charge in [0.25, 0.3) is 0 Å². The van der Waals surface area contributed by atoms with Gasteiger partial charge in [0, 0.05) is 23.1 Å². The zero-order valence-corrected chi connectivity index (χ0v) is 12.5. The predicted molar refractivity (Wildman–Crippen MR) is 83.5 cm³/mol. The maximum absolute atomic E-state index is 12.2. The molecule has 1 aliphatic heterocycles. The molecular formula is C16H15BrN2O. The van der Waals surface area contributed by atoms with Crippen molar-refractivity contribution < 1.29 is 4.79 Å². The van der Waals surface area contributed by atoms with Crippen LogP contribution in [0.15, 0.2) is 53.0 Å². The van der Waals surface area contributed by atoms with Crippen molar-refractivity contribution in [1.82, 2.24) is 5.32 Å². The third-order valence-electron chi connectivity index (χ3n) is 3.44. The first-order chi connectivity index (χ1) is 9.72. The van der Waals surface area contributed by atoms with Gasteiger partial charge in [-0.1, -0.05) is 46.3 Å². The lowest BCUT2D eigenvalue weighted by molar-refractivity contribution is -0.121. The van der Waals surface area contributed by atoms with E-state index in [0.29, 0.717) is 6.54 Å². The molecule has 4 heteroatoms. The van der Waals surface area contributed by atoms with E-state index in [1.54, 1.807) is 0 Å². The van der Waals surface area contributed by atoms with Crippen LogP contribution in [-0.4, -0.2) is 11.9 Å². The molecule has 20 heavy (non-hydrogen) atoms. The number of amides is 1. The zero-order valence-electron chi connectivity index (χ0n) is 10.9. The van der Waals surface area contributed by atoms with E-state index >= 15 is 0 Å². The van der Waals surface area contributed by atoms with Gasteiger partial charge in [-0.05, 0) is 29.3 Å². The minimum Gasteiger partial charge on any atom is -0.373 e. The summed E-state index contributed by atoms with van der Waals surface area (Å²) in [5, 5.41) is 6.24. The van der Waals surface area contributed by atoms with E-state index < -0.39 is 0 Å². The van der Waals surface area contributed by atoms with E-state index in [1.807, 2.05) is 42.5 Å². The average Bonchev–Trinajstić information content (AvgIpc) is 2.89. The van der Waals surface area contributed by atoms with Crippen LogP contribution >= 0.6 is 15.9 Å². The number of hydrogen-bond acceptors (Lipinski definition) is 2. The molecule has 1 aliphatic rings. The van der Waals surface area contributed by atoms with Gasteiger partial charge in [-0.25, -0.2) is 0 Å². The molecule has 0 bridgehead atoms. The van der Waals surface area contributed by atoms with E-state index in [4.69, 9.17) is 0 Å². The summed E-state index contributed by atoms with van der Waals surface area (Å²) >= 11 is 3.43. The van der Waals surface area contributed by atoms with Gasteiger partial charge in [-0.15, -0.1) is 0 Å². The standard InChI is InChI=1S/C16H15BrN2O/c17-13-6-3-4-11(8-13)10-18-16(20)15-9-12-5-1-2-7-14(12)19-15/h1-8,15,19H,9-10H2,(H,18,20)/t15-/m0/s1. The summed E-state index contributed by atoms with van der Waals surface area (Å²) in [5.74, 6) is 0.0428. The fourth-order valence-electron chi connectivity index (χ4n) is 2.42. The predicted octanol–water partition coefficient (Wildman–Crippen LogP) is 3.10. The molecule has 102 valence electrons. The quantitative estimate of drug-likeness (QED) is 0.907. The first-order valence-electron chi connectivity index (χ1n) is 6.59. The van der Waals surface area contributed by atoms with Gasteiger partial charge < -0.3 is 10.6 Å². The summed E-state index contributed by atoms with van der Waals surface area (Å²) in [6.45, 7) is 0.548. The molecule has 0 saturated heterocycles. The topological polar surface area (TPSA) is 41.1 Å². The fourth-order valence-corrected chi connectivity index (χ4v) is 2.86. The summed E-state index contributed by atoms with van der Waals surface area (Å²) in [5.41, 5.74) is 3.36. The molecule has 0 aromatic heterocycles. The Morgan fingerprint density at radius 2 is 2.10 bits per heavy atom. The normalized spacial score (nSPS) is 16.4. The maximum atomic E-state index is 12.2. The van der Waals surface area contributed by atoms with Gasteiger partial charge in [0.05, 0.1) is 0 Å². The molecule has 0 aliphatic carbocycles. The van der Waals surface area contributed by atoms with Crippen molar-refractivity contribution in [3.05, 3.63) is 64.1 Å². The van der Waals surface area contributed by atoms with Crippen molar-refractivity contribution in [2.45, 2.75) is 19.0 Å². The van der Waals surface area contributed by atoms with Crippen molar-refractivity contribution in [2.24, 2.45) is 0 Å². The molecule has 1 amide bonds. The number of para-hydroxylation sites is 1. The fraction of sp³-hybridized carbons (Fsp3) is 0.188. The van der Waals surface area contributed by atoms with Crippen LogP contribution in [0.3, 0.4) is 0 Å². The van der Waals surface area contributed by atoms with Crippen LogP contribution < -0.4 is 10.6 Å². The Morgan fingerprint density at radius 1 is 1.25 bits per heavy atom. The number of carbonyl (C=O) groups is 1. The molecule has 0 unspecified atom stereocenters. The highest BCUT2D eigenvalue weighted by Crippen LogP contribution is 2.25. The monoisotopic (exact) mass is 330 g/mol. The largest absolute Gasteiger partial charge is 0.373 e. The van der Waals surface area contributed by atoms with Crippen molar-refractivity contribution in [3.63, 3.8) is 0 Å². The minimum absolute atomic E-state index is 0.0428. The Morgan fingerprint density at radius 3 is 2.90 bits per heavy atom. The van der Waals surface area contributed by atoms with Crippen LogP contribution in [0.1, 0.15) is 11.1 Å². The Balaban J connectivity index is 1.59. The highest BCUT2D eigenvalue weighted by molar-refractivity contribution is 9.10. The van der Waals surface area contributed by atoms with Crippen molar-refractivity contribution in [1.29, 1.82) is 0 Å². The zero-order chi connectivity index (χ0) is 13.9. The SMILES string of the molecule is O=C(NCc1cccc(Br)c1)[C@@H]1Cc2ccccc2N1. The first kappa shape index (κ1) is 13.2. The molecular weight excluding hydrogens is 316 g/mol. The van der Waals surface area contributed by atoms with Crippen LogP contribution in [0, 0.1) is 0 Å². The average molecular weight is 331 g/mol. The highest BCUT2D eigenvalue weighted by atomic mass is 79.9. The van der Waals surface area contributed by atoms with Crippen LogP contribution in [-0.2, 0) is 17.8 Å². The molecule has 1 heterocycles. The number of halogens is 1. The number of hydrogen-bond donors (Lipinski definition) is 2. The Labute approximate surface area is 126 Å². The second-order valence-corrected chi connectivity index (χ2v) is 5.82. The molecule has 2 N–H and O–H groups in total. The maximum Gasteiger partial charge on any atom is 0.243 e. The molecule has 0 saturated carbocycles. The second-order valence-electron chi connectivity index (χ2n) is 4.91. The van der Waals surface area contributed by atoms with Crippen molar-refractivity contribution in [2.75, 3.05) is 5.32 Å². The number of rotatable bonds is 3. The smallest absolute Gasteiger partial charge is 0.243 e. The lowest BCUT2D eigenvalue weighted by atomic mass is 10.1. The third kappa shape index (κ3) is 2.85. The second kappa shape index (κ2) is 5.67. The third-order valence-corrected chi connectivity index (χ3v) is 3.94. The van der Waals surface area contributed by atoms with Gasteiger partial charge in [-0.2, -0.15) is 0 Å². The highest BCUT2D eigenvalue weighted by Gasteiger charge is 2.25. The molecule has 0 spiro atoms. The molecule has 3 nitrogen and oxygen atoms in total. The molecule has 2 aromatic carbocycles. The lowest BCUT2D eigenvalue weighted by Gasteiger charge is -2.12. The van der Waals surface area contributed by atoms with E-state index in [2.05, 4.69) is 32.6 Å². The first-order valence-corrected chi connectivity index (χ1v) is 7.38.